The van der Waals surface area contributed by atoms with Crippen molar-refractivity contribution in [2.75, 3.05) is 6.79 Å². The summed E-state index contributed by atoms with van der Waals surface area (Å²) in [5.41, 5.74) is 0. The minimum absolute atomic E-state index is 0.0717. The van der Waals surface area contributed by atoms with Crippen LogP contribution in [-0.4, -0.2) is 18.9 Å². The van der Waals surface area contributed by atoms with Crippen LogP contribution in [0.1, 0.15) is 71.1 Å². The maximum absolute atomic E-state index is 11.0. The van der Waals surface area contributed by atoms with Gasteiger partial charge in [0.25, 0.3) is 0 Å². The van der Waals surface area contributed by atoms with Crippen LogP contribution in [0.5, 0.6) is 0 Å². The van der Waals surface area contributed by atoms with Gasteiger partial charge in [0.05, 0.1) is 6.10 Å². The minimum Gasteiger partial charge on any atom is -0.435 e. The van der Waals surface area contributed by atoms with Crippen molar-refractivity contribution in [2.45, 2.75) is 77.2 Å². The lowest BCUT2D eigenvalue weighted by Crippen LogP contribution is -2.29. The fraction of sp³-hybridized carbons (Fsp3) is 0.842. The normalized spacial score (nSPS) is 32.4. The number of rotatable bonds is 7. The maximum atomic E-state index is 11.0. The van der Waals surface area contributed by atoms with Gasteiger partial charge in [0.15, 0.2) is 6.79 Å². The number of ether oxygens (including phenoxy) is 2. The predicted molar refractivity (Wildman–Crippen MR) is 88.3 cm³/mol. The smallest absolute Gasteiger partial charge is 0.332 e. The minimum atomic E-state index is -0.405. The summed E-state index contributed by atoms with van der Waals surface area (Å²) in [4.78, 5) is 11.0. The molecule has 3 nitrogen and oxygen atoms in total. The number of esters is 1. The van der Waals surface area contributed by atoms with Crippen LogP contribution in [-0.2, 0) is 14.3 Å². The van der Waals surface area contributed by atoms with Crippen LogP contribution < -0.4 is 0 Å². The molecule has 0 amide bonds. The Morgan fingerprint density at radius 1 is 1.05 bits per heavy atom. The SMILES string of the molecule is C=CC(=O)OCOC1CCC(C2CCC(CCC)CC2)CC1. The molecule has 22 heavy (non-hydrogen) atoms. The maximum Gasteiger partial charge on any atom is 0.332 e. The van der Waals surface area contributed by atoms with E-state index in [1.165, 1.54) is 57.4 Å². The Balaban J connectivity index is 1.61. The van der Waals surface area contributed by atoms with Crippen molar-refractivity contribution in [1.29, 1.82) is 0 Å². The van der Waals surface area contributed by atoms with Crippen LogP contribution in [0.3, 0.4) is 0 Å². The van der Waals surface area contributed by atoms with E-state index in [4.69, 9.17) is 9.47 Å². The Morgan fingerprint density at radius 2 is 1.64 bits per heavy atom. The molecule has 0 aliphatic heterocycles. The highest BCUT2D eigenvalue weighted by atomic mass is 16.7. The number of carbonyl (C=O) groups is 1. The van der Waals surface area contributed by atoms with Crippen molar-refractivity contribution < 1.29 is 14.3 Å². The van der Waals surface area contributed by atoms with Crippen molar-refractivity contribution in [2.24, 2.45) is 17.8 Å². The number of hydrogen-bond acceptors (Lipinski definition) is 3. The second-order valence-corrected chi connectivity index (χ2v) is 7.06. The van der Waals surface area contributed by atoms with Crippen LogP contribution >= 0.6 is 0 Å². The summed E-state index contributed by atoms with van der Waals surface area (Å²) in [7, 11) is 0. The molecular weight excluding hydrogens is 276 g/mol. The van der Waals surface area contributed by atoms with E-state index in [2.05, 4.69) is 13.5 Å². The van der Waals surface area contributed by atoms with E-state index in [-0.39, 0.29) is 12.9 Å². The number of carbonyl (C=O) groups excluding carboxylic acids is 1. The second kappa shape index (κ2) is 9.34. The molecule has 0 heterocycles. The van der Waals surface area contributed by atoms with Gasteiger partial charge in [-0.25, -0.2) is 4.79 Å². The third-order valence-electron chi connectivity index (χ3n) is 5.65. The predicted octanol–water partition coefficient (Wildman–Crippen LogP) is 4.86. The van der Waals surface area contributed by atoms with Crippen molar-refractivity contribution >= 4 is 5.97 Å². The molecule has 2 aliphatic rings. The highest BCUT2D eigenvalue weighted by Gasteiger charge is 2.30. The quantitative estimate of drug-likeness (QED) is 0.383. The van der Waals surface area contributed by atoms with Crippen molar-refractivity contribution in [1.82, 2.24) is 0 Å². The summed E-state index contributed by atoms with van der Waals surface area (Å²) in [5.74, 6) is 2.45. The molecule has 0 unspecified atom stereocenters. The molecule has 0 N–H and O–H groups in total. The van der Waals surface area contributed by atoms with Gasteiger partial charge in [-0.1, -0.05) is 39.2 Å². The third kappa shape index (κ3) is 5.42. The molecule has 0 bridgehead atoms. The Morgan fingerprint density at radius 3 is 2.18 bits per heavy atom. The molecule has 126 valence electrons. The van der Waals surface area contributed by atoms with Gasteiger partial charge in [-0.2, -0.15) is 0 Å². The molecular formula is C19H32O3. The Hall–Kier alpha value is -0.830. The second-order valence-electron chi connectivity index (χ2n) is 7.06. The highest BCUT2D eigenvalue weighted by molar-refractivity contribution is 5.81. The monoisotopic (exact) mass is 308 g/mol. The number of hydrogen-bond donors (Lipinski definition) is 0. The topological polar surface area (TPSA) is 35.5 Å². The lowest BCUT2D eigenvalue weighted by atomic mass is 9.70. The zero-order valence-corrected chi connectivity index (χ0v) is 14.1. The Bertz CT molecular complexity index is 337. The standard InChI is InChI=1S/C19H32O3/c1-3-5-15-6-8-16(9-7-15)17-10-12-18(13-11-17)21-14-22-19(20)4-2/h4,15-18H,2-3,5-14H2,1H3. The van der Waals surface area contributed by atoms with Crippen LogP contribution in [0.4, 0.5) is 0 Å². The average Bonchev–Trinajstić information content (AvgIpc) is 2.56. The van der Waals surface area contributed by atoms with Crippen LogP contribution in [0.15, 0.2) is 12.7 Å². The lowest BCUT2D eigenvalue weighted by molar-refractivity contribution is -0.157. The van der Waals surface area contributed by atoms with E-state index in [1.54, 1.807) is 0 Å². The highest BCUT2D eigenvalue weighted by Crippen LogP contribution is 2.41. The first-order valence-corrected chi connectivity index (χ1v) is 9.13. The van der Waals surface area contributed by atoms with Crippen molar-refractivity contribution in [3.63, 3.8) is 0 Å². The van der Waals surface area contributed by atoms with Crippen LogP contribution in [0, 0.1) is 17.8 Å². The van der Waals surface area contributed by atoms with Crippen LogP contribution in [0.2, 0.25) is 0 Å². The molecule has 2 saturated carbocycles. The zero-order chi connectivity index (χ0) is 15.8. The van der Waals surface area contributed by atoms with Gasteiger partial charge in [-0.05, 0) is 56.3 Å². The van der Waals surface area contributed by atoms with E-state index in [0.29, 0.717) is 0 Å². The fourth-order valence-corrected chi connectivity index (χ4v) is 4.33. The molecule has 2 aliphatic carbocycles. The van der Waals surface area contributed by atoms with Crippen molar-refractivity contribution in [3.8, 4) is 0 Å². The van der Waals surface area contributed by atoms with E-state index >= 15 is 0 Å². The molecule has 0 aromatic rings. The Kier molecular flexibility index (Phi) is 7.44. The van der Waals surface area contributed by atoms with Gasteiger partial charge in [-0.3, -0.25) is 0 Å². The fourth-order valence-electron chi connectivity index (χ4n) is 4.33. The van der Waals surface area contributed by atoms with Gasteiger partial charge < -0.3 is 9.47 Å². The first kappa shape index (κ1) is 17.5. The van der Waals surface area contributed by atoms with Gasteiger partial charge >= 0.3 is 5.97 Å². The summed E-state index contributed by atoms with van der Waals surface area (Å²) in [6.45, 7) is 5.75. The van der Waals surface area contributed by atoms with Gasteiger partial charge in [0, 0.05) is 6.08 Å². The third-order valence-corrected chi connectivity index (χ3v) is 5.65. The van der Waals surface area contributed by atoms with Gasteiger partial charge in [0.1, 0.15) is 0 Å². The van der Waals surface area contributed by atoms with Gasteiger partial charge in [0.2, 0.25) is 0 Å². The molecule has 0 radical (unpaired) electrons. The molecule has 0 spiro atoms. The zero-order valence-electron chi connectivity index (χ0n) is 14.1. The summed E-state index contributed by atoms with van der Waals surface area (Å²) in [6, 6.07) is 0. The molecule has 0 atom stereocenters. The molecule has 2 rings (SSSR count). The summed E-state index contributed by atoms with van der Waals surface area (Å²) < 4.78 is 10.5. The summed E-state index contributed by atoms with van der Waals surface area (Å²) in [5, 5.41) is 0. The molecule has 0 saturated heterocycles. The lowest BCUT2D eigenvalue weighted by Gasteiger charge is -2.37. The van der Waals surface area contributed by atoms with Gasteiger partial charge in [-0.15, -0.1) is 0 Å². The Labute approximate surface area is 135 Å². The molecule has 3 heteroatoms. The summed E-state index contributed by atoms with van der Waals surface area (Å²) in [6.07, 6.45) is 14.8. The van der Waals surface area contributed by atoms with Crippen molar-refractivity contribution in [3.05, 3.63) is 12.7 Å². The molecule has 0 aromatic heterocycles. The summed E-state index contributed by atoms with van der Waals surface area (Å²) >= 11 is 0. The van der Waals surface area contributed by atoms with E-state index in [1.807, 2.05) is 0 Å². The molecule has 2 fully saturated rings. The first-order chi connectivity index (χ1) is 10.7. The molecule has 0 aromatic carbocycles. The van der Waals surface area contributed by atoms with E-state index < -0.39 is 5.97 Å². The first-order valence-electron chi connectivity index (χ1n) is 9.13. The van der Waals surface area contributed by atoms with E-state index in [0.717, 1.165) is 30.6 Å². The average molecular weight is 308 g/mol. The van der Waals surface area contributed by atoms with Crippen LogP contribution in [0.25, 0.3) is 0 Å². The largest absolute Gasteiger partial charge is 0.435 e. The van der Waals surface area contributed by atoms with E-state index in [9.17, 15) is 4.79 Å².